The molecule has 5 N–H and O–H groups in total. The van der Waals surface area contributed by atoms with Crippen LogP contribution in [0, 0.1) is 0 Å². The number of carboxylic acid groups (broad SMARTS) is 4. The van der Waals surface area contributed by atoms with Crippen LogP contribution in [-0.2, 0) is 25.6 Å². The molecule has 14 heteroatoms. The maximum atomic E-state index is 9.10. The Morgan fingerprint density at radius 1 is 0.717 bits per heavy atom. The van der Waals surface area contributed by atoms with Crippen LogP contribution in [0.3, 0.4) is 0 Å². The first kappa shape index (κ1) is 40.6. The largest absolute Gasteiger partial charge is 0.492 e. The summed E-state index contributed by atoms with van der Waals surface area (Å²) >= 11 is 1.89. The molecule has 0 radical (unpaired) electrons. The van der Waals surface area contributed by atoms with Crippen LogP contribution in [-0.4, -0.2) is 113 Å². The van der Waals surface area contributed by atoms with E-state index in [1.165, 1.54) is 83.5 Å². The SMILES string of the molecule is CCNc1cc(Cc2c(-c3ccc(OCCN4CCCC4)cc3)sc3ccccc23)ccc1OCCN1CCCC1.O=C(O)C(=O)O.O=C(O)C(=O)O. The van der Waals surface area contributed by atoms with Crippen LogP contribution < -0.4 is 14.8 Å². The molecular weight excluding hydrogens is 703 g/mol. The Morgan fingerprint density at radius 2 is 1.26 bits per heavy atom. The molecule has 3 heterocycles. The minimum atomic E-state index is -1.82. The van der Waals surface area contributed by atoms with E-state index in [-0.39, 0.29) is 0 Å². The first-order valence-electron chi connectivity index (χ1n) is 17.7. The third-order valence-electron chi connectivity index (χ3n) is 8.71. The van der Waals surface area contributed by atoms with E-state index in [0.717, 1.165) is 56.5 Å². The number of likely N-dealkylation sites (tertiary alicyclic amines) is 2. The lowest BCUT2D eigenvalue weighted by atomic mass is 9.98. The highest BCUT2D eigenvalue weighted by Crippen LogP contribution is 2.41. The van der Waals surface area contributed by atoms with E-state index in [1.807, 2.05) is 11.3 Å². The van der Waals surface area contributed by atoms with E-state index in [2.05, 4.69) is 88.8 Å². The summed E-state index contributed by atoms with van der Waals surface area (Å²) < 4.78 is 13.7. The molecule has 2 aliphatic heterocycles. The van der Waals surface area contributed by atoms with Gasteiger partial charge in [0.25, 0.3) is 0 Å². The van der Waals surface area contributed by atoms with Crippen molar-refractivity contribution >= 4 is 51.0 Å². The average Bonchev–Trinajstić information content (AvgIpc) is 3.93. The van der Waals surface area contributed by atoms with Crippen molar-refractivity contribution in [3.8, 4) is 21.9 Å². The van der Waals surface area contributed by atoms with Crippen molar-refractivity contribution in [2.24, 2.45) is 0 Å². The molecule has 6 rings (SSSR count). The molecule has 1 aromatic heterocycles. The number of hydrogen-bond donors (Lipinski definition) is 5. The van der Waals surface area contributed by atoms with Gasteiger partial charge in [-0.25, -0.2) is 19.2 Å². The fourth-order valence-corrected chi connectivity index (χ4v) is 7.37. The van der Waals surface area contributed by atoms with Gasteiger partial charge in [0.1, 0.15) is 24.7 Å². The maximum Gasteiger partial charge on any atom is 0.414 e. The Balaban J connectivity index is 0.000000453. The first-order valence-corrected chi connectivity index (χ1v) is 18.5. The molecule has 0 atom stereocenters. The topological polar surface area (TPSA) is 186 Å². The Hall–Kier alpha value is -5.18. The number of rotatable bonds is 13. The summed E-state index contributed by atoms with van der Waals surface area (Å²) in [5, 5.41) is 34.5. The first-order chi connectivity index (χ1) is 25.5. The fourth-order valence-electron chi connectivity index (χ4n) is 6.15. The highest BCUT2D eigenvalue weighted by molar-refractivity contribution is 7.22. The van der Waals surface area contributed by atoms with Crippen molar-refractivity contribution in [1.82, 2.24) is 9.80 Å². The lowest BCUT2D eigenvalue weighted by Crippen LogP contribution is -2.25. The van der Waals surface area contributed by atoms with E-state index < -0.39 is 23.9 Å². The van der Waals surface area contributed by atoms with Gasteiger partial charge in [0.15, 0.2) is 0 Å². The second-order valence-corrected chi connectivity index (χ2v) is 13.5. The summed E-state index contributed by atoms with van der Waals surface area (Å²) in [4.78, 5) is 42.7. The zero-order chi connectivity index (χ0) is 38.2. The van der Waals surface area contributed by atoms with Crippen molar-refractivity contribution in [2.45, 2.75) is 39.0 Å². The normalized spacial score (nSPS) is 14.1. The molecule has 0 saturated carbocycles. The van der Waals surface area contributed by atoms with Crippen molar-refractivity contribution in [2.75, 3.05) is 64.3 Å². The fraction of sp³-hybridized carbons (Fsp3) is 0.385. The van der Waals surface area contributed by atoms with E-state index in [9.17, 15) is 0 Å². The van der Waals surface area contributed by atoms with Gasteiger partial charge < -0.3 is 35.2 Å². The van der Waals surface area contributed by atoms with Crippen LogP contribution in [0.2, 0.25) is 0 Å². The number of carboxylic acids is 4. The second kappa shape index (κ2) is 20.8. The molecule has 4 aromatic rings. The molecule has 0 bridgehead atoms. The van der Waals surface area contributed by atoms with Crippen molar-refractivity contribution in [1.29, 1.82) is 0 Å². The quantitative estimate of drug-likeness (QED) is 0.103. The van der Waals surface area contributed by atoms with Gasteiger partial charge in [0, 0.05) is 29.2 Å². The third-order valence-corrected chi connectivity index (χ3v) is 9.97. The predicted octanol–water partition coefficient (Wildman–Crippen LogP) is 5.85. The third kappa shape index (κ3) is 12.8. The van der Waals surface area contributed by atoms with Crippen LogP contribution in [0.1, 0.15) is 43.7 Å². The minimum absolute atomic E-state index is 0.731. The summed E-state index contributed by atoms with van der Waals surface area (Å²) in [5.74, 6) is -5.40. The Morgan fingerprint density at radius 3 is 1.81 bits per heavy atom. The highest BCUT2D eigenvalue weighted by atomic mass is 32.1. The Kier molecular flexibility index (Phi) is 15.9. The molecule has 2 aliphatic rings. The van der Waals surface area contributed by atoms with Crippen molar-refractivity contribution in [3.05, 3.63) is 77.9 Å². The predicted molar refractivity (Wildman–Crippen MR) is 204 cm³/mol. The highest BCUT2D eigenvalue weighted by Gasteiger charge is 2.17. The summed E-state index contributed by atoms with van der Waals surface area (Å²) in [6, 6.07) is 24.2. The zero-order valence-electron chi connectivity index (χ0n) is 29.8. The molecule has 0 unspecified atom stereocenters. The number of benzene rings is 3. The lowest BCUT2D eigenvalue weighted by Gasteiger charge is -2.18. The molecular formula is C39H47N3O10S. The van der Waals surface area contributed by atoms with Crippen LogP contribution in [0.4, 0.5) is 5.69 Å². The Bertz CT molecular complexity index is 1770. The molecule has 2 fully saturated rings. The summed E-state index contributed by atoms with van der Waals surface area (Å²) in [7, 11) is 0. The zero-order valence-corrected chi connectivity index (χ0v) is 30.6. The van der Waals surface area contributed by atoms with Gasteiger partial charge in [-0.1, -0.05) is 24.3 Å². The van der Waals surface area contributed by atoms with Gasteiger partial charge >= 0.3 is 23.9 Å². The molecule has 3 aromatic carbocycles. The minimum Gasteiger partial charge on any atom is -0.492 e. The molecule has 0 spiro atoms. The summed E-state index contributed by atoms with van der Waals surface area (Å²) in [6.07, 6.45) is 6.14. The van der Waals surface area contributed by atoms with Gasteiger partial charge in [-0.3, -0.25) is 9.80 Å². The molecule has 284 valence electrons. The standard InChI is InChI=1S/C35H43N3O2S.2C2H2O4/c1-2-36-32-26-27(11-16-33(32)40-24-22-38-19-7-8-20-38)25-31-30-9-3-4-10-34(30)41-35(31)28-12-14-29(15-13-28)39-23-21-37-17-5-6-18-37;2*3-1(4)2(5)6/h3-4,9-16,26,36H,2,5-8,17-25H2,1H3;2*(H,3,4)(H,5,6). The van der Waals surface area contributed by atoms with Gasteiger partial charge in [-0.05, 0) is 130 Å². The van der Waals surface area contributed by atoms with E-state index in [0.29, 0.717) is 0 Å². The van der Waals surface area contributed by atoms with Crippen molar-refractivity contribution < 1.29 is 49.1 Å². The van der Waals surface area contributed by atoms with Gasteiger partial charge in [-0.15, -0.1) is 11.3 Å². The number of anilines is 1. The van der Waals surface area contributed by atoms with Crippen LogP contribution in [0.25, 0.3) is 20.5 Å². The van der Waals surface area contributed by atoms with Gasteiger partial charge in [0.2, 0.25) is 0 Å². The van der Waals surface area contributed by atoms with E-state index in [4.69, 9.17) is 49.1 Å². The average molecular weight is 750 g/mol. The number of nitrogens with zero attached hydrogens (tertiary/aromatic N) is 2. The molecule has 2 saturated heterocycles. The molecule has 53 heavy (non-hydrogen) atoms. The Labute approximate surface area is 312 Å². The summed E-state index contributed by atoms with van der Waals surface area (Å²) in [6.45, 7) is 11.3. The monoisotopic (exact) mass is 749 g/mol. The van der Waals surface area contributed by atoms with E-state index in [1.54, 1.807) is 0 Å². The van der Waals surface area contributed by atoms with Crippen LogP contribution >= 0.6 is 11.3 Å². The number of carbonyl (C=O) groups is 4. The number of aliphatic carboxylic acids is 4. The molecule has 0 aliphatic carbocycles. The van der Waals surface area contributed by atoms with Crippen LogP contribution in [0.15, 0.2) is 66.7 Å². The second-order valence-electron chi connectivity index (χ2n) is 12.5. The molecule has 13 nitrogen and oxygen atoms in total. The lowest BCUT2D eigenvalue weighted by molar-refractivity contribution is -0.159. The number of nitrogens with one attached hydrogen (secondary N) is 1. The number of ether oxygens (including phenoxy) is 2. The van der Waals surface area contributed by atoms with Gasteiger partial charge in [0.05, 0.1) is 5.69 Å². The molecule has 0 amide bonds. The van der Waals surface area contributed by atoms with E-state index >= 15 is 0 Å². The van der Waals surface area contributed by atoms with Crippen LogP contribution in [0.5, 0.6) is 11.5 Å². The smallest absolute Gasteiger partial charge is 0.414 e. The van der Waals surface area contributed by atoms with Gasteiger partial charge in [-0.2, -0.15) is 0 Å². The maximum absolute atomic E-state index is 9.10. The van der Waals surface area contributed by atoms with Crippen molar-refractivity contribution in [3.63, 3.8) is 0 Å². The number of hydrogen-bond acceptors (Lipinski definition) is 10. The number of fused-ring (bicyclic) bond motifs is 1. The number of thiophene rings is 1. The summed E-state index contributed by atoms with van der Waals surface area (Å²) in [5.41, 5.74) is 5.02.